The average Bonchev–Trinajstić information content (AvgIpc) is 2.64. The Hall–Kier alpha value is -0.220. The Morgan fingerprint density at radius 1 is 1.64 bits per heavy atom. The highest BCUT2D eigenvalue weighted by molar-refractivity contribution is 8.00. The zero-order chi connectivity index (χ0) is 10.2. The fraction of sp³-hybridized carbons (Fsp3) is 0.900. The summed E-state index contributed by atoms with van der Waals surface area (Å²) in [4.78, 5) is 13.6. The van der Waals surface area contributed by atoms with Crippen LogP contribution in [0.4, 0.5) is 0 Å². The molecule has 0 aromatic carbocycles. The number of rotatable bonds is 2. The second-order valence-corrected chi connectivity index (χ2v) is 5.58. The number of likely N-dealkylation sites (tertiary alicyclic amines) is 1. The predicted octanol–water partition coefficient (Wildman–Crippen LogP) is 0.865. The molecule has 1 unspecified atom stereocenters. The van der Waals surface area contributed by atoms with Crippen molar-refractivity contribution in [2.24, 2.45) is 0 Å². The van der Waals surface area contributed by atoms with Crippen LogP contribution in [0.1, 0.15) is 26.2 Å². The highest BCUT2D eigenvalue weighted by Crippen LogP contribution is 2.32. The molecule has 0 radical (unpaired) electrons. The van der Waals surface area contributed by atoms with Crippen LogP contribution in [-0.2, 0) is 4.79 Å². The molecule has 1 N–H and O–H groups in total. The van der Waals surface area contributed by atoms with Gasteiger partial charge in [-0.05, 0) is 25.0 Å². The van der Waals surface area contributed by atoms with Crippen LogP contribution in [0.15, 0.2) is 0 Å². The molecule has 80 valence electrons. The van der Waals surface area contributed by atoms with Crippen molar-refractivity contribution in [3.63, 3.8) is 0 Å². The Balaban J connectivity index is 1.84. The van der Waals surface area contributed by atoms with Crippen LogP contribution in [0.3, 0.4) is 0 Å². The van der Waals surface area contributed by atoms with Crippen molar-refractivity contribution in [1.29, 1.82) is 0 Å². The van der Waals surface area contributed by atoms with E-state index in [4.69, 9.17) is 0 Å². The summed E-state index contributed by atoms with van der Waals surface area (Å²) < 4.78 is 0. The third-order valence-electron chi connectivity index (χ3n) is 3.15. The van der Waals surface area contributed by atoms with Crippen molar-refractivity contribution in [2.45, 2.75) is 37.0 Å². The number of hydrogen-bond acceptors (Lipinski definition) is 3. The van der Waals surface area contributed by atoms with Crippen molar-refractivity contribution in [2.75, 3.05) is 18.8 Å². The molecule has 2 rings (SSSR count). The third kappa shape index (κ3) is 1.77. The van der Waals surface area contributed by atoms with Crippen LogP contribution in [0, 0.1) is 0 Å². The number of amides is 1. The van der Waals surface area contributed by atoms with E-state index < -0.39 is 5.60 Å². The van der Waals surface area contributed by atoms with E-state index in [2.05, 4.69) is 0 Å². The van der Waals surface area contributed by atoms with Gasteiger partial charge < -0.3 is 10.0 Å². The molecule has 0 saturated carbocycles. The van der Waals surface area contributed by atoms with Gasteiger partial charge in [-0.2, -0.15) is 0 Å². The zero-order valence-electron chi connectivity index (χ0n) is 8.53. The van der Waals surface area contributed by atoms with Gasteiger partial charge in [0.1, 0.15) is 0 Å². The van der Waals surface area contributed by atoms with Gasteiger partial charge in [-0.3, -0.25) is 4.79 Å². The molecule has 2 heterocycles. The molecule has 0 bridgehead atoms. The number of nitrogens with zero attached hydrogens (tertiary/aromatic N) is 1. The first-order valence-corrected chi connectivity index (χ1v) is 6.32. The summed E-state index contributed by atoms with van der Waals surface area (Å²) in [6, 6.07) is 0. The van der Waals surface area contributed by atoms with Gasteiger partial charge in [0.15, 0.2) is 0 Å². The molecule has 0 aliphatic carbocycles. The Labute approximate surface area is 88.9 Å². The topological polar surface area (TPSA) is 40.5 Å². The molecule has 2 fully saturated rings. The summed E-state index contributed by atoms with van der Waals surface area (Å²) in [5.74, 6) is 1.35. The summed E-state index contributed by atoms with van der Waals surface area (Å²) in [5.41, 5.74) is -0.584. The average molecular weight is 215 g/mol. The first-order valence-electron chi connectivity index (χ1n) is 5.27. The van der Waals surface area contributed by atoms with Gasteiger partial charge >= 0.3 is 0 Å². The predicted molar refractivity (Wildman–Crippen MR) is 57.3 cm³/mol. The van der Waals surface area contributed by atoms with Gasteiger partial charge in [0, 0.05) is 0 Å². The maximum absolute atomic E-state index is 11.8. The highest BCUT2D eigenvalue weighted by Gasteiger charge is 2.44. The number of β-amino-alcohol motifs (C(OH)–C–C–N with tert-alkyl or cyclic N) is 1. The van der Waals surface area contributed by atoms with E-state index in [1.807, 2.05) is 6.92 Å². The van der Waals surface area contributed by atoms with Crippen LogP contribution in [-0.4, -0.2) is 45.6 Å². The largest absolute Gasteiger partial charge is 0.386 e. The second-order valence-electron chi connectivity index (χ2n) is 4.27. The van der Waals surface area contributed by atoms with Crippen LogP contribution < -0.4 is 0 Å². The summed E-state index contributed by atoms with van der Waals surface area (Å²) in [5, 5.41) is 9.96. The van der Waals surface area contributed by atoms with Gasteiger partial charge in [0.25, 0.3) is 0 Å². The van der Waals surface area contributed by atoms with Crippen LogP contribution in [0.2, 0.25) is 0 Å². The van der Waals surface area contributed by atoms with Gasteiger partial charge in [0.05, 0.1) is 23.9 Å². The van der Waals surface area contributed by atoms with Crippen LogP contribution >= 0.6 is 11.8 Å². The van der Waals surface area contributed by atoms with E-state index in [-0.39, 0.29) is 11.2 Å². The quantitative estimate of drug-likeness (QED) is 0.743. The van der Waals surface area contributed by atoms with Gasteiger partial charge in [-0.1, -0.05) is 6.92 Å². The Kier molecular flexibility index (Phi) is 2.75. The van der Waals surface area contributed by atoms with E-state index >= 15 is 0 Å². The lowest BCUT2D eigenvalue weighted by atomic mass is 9.91. The van der Waals surface area contributed by atoms with Crippen molar-refractivity contribution >= 4 is 17.7 Å². The molecule has 0 aromatic heterocycles. The minimum Gasteiger partial charge on any atom is -0.386 e. The number of aliphatic hydroxyl groups is 1. The monoisotopic (exact) mass is 215 g/mol. The minimum atomic E-state index is -0.584. The van der Waals surface area contributed by atoms with Crippen molar-refractivity contribution in [3.05, 3.63) is 0 Å². The standard InChI is InChI=1S/C10H17NO2S/c1-2-10(13)6-11(7-10)9(12)8-4-3-5-14-8/h8,13H,2-7H2,1H3. The SMILES string of the molecule is CCC1(O)CN(C(=O)C2CCCS2)C1. The molecule has 2 saturated heterocycles. The van der Waals surface area contributed by atoms with Crippen LogP contribution in [0.25, 0.3) is 0 Å². The Morgan fingerprint density at radius 2 is 2.36 bits per heavy atom. The minimum absolute atomic E-state index is 0.177. The zero-order valence-corrected chi connectivity index (χ0v) is 9.35. The number of carbonyl (C=O) groups excluding carboxylic acids is 1. The summed E-state index contributed by atoms with van der Waals surface area (Å²) in [6.45, 7) is 3.05. The van der Waals surface area contributed by atoms with E-state index in [0.717, 1.165) is 25.0 Å². The summed E-state index contributed by atoms with van der Waals surface area (Å²) >= 11 is 1.76. The molecule has 0 spiro atoms. The normalized spacial score (nSPS) is 30.1. The molecular weight excluding hydrogens is 198 g/mol. The number of thioether (sulfide) groups is 1. The first-order chi connectivity index (χ1) is 6.64. The van der Waals surface area contributed by atoms with E-state index in [0.29, 0.717) is 13.1 Å². The molecule has 4 heteroatoms. The molecule has 0 aromatic rings. The number of hydrogen-bond donors (Lipinski definition) is 1. The smallest absolute Gasteiger partial charge is 0.235 e. The van der Waals surface area contributed by atoms with Crippen molar-refractivity contribution < 1.29 is 9.90 Å². The number of carbonyl (C=O) groups is 1. The van der Waals surface area contributed by atoms with E-state index in [1.54, 1.807) is 16.7 Å². The summed E-state index contributed by atoms with van der Waals surface area (Å²) in [7, 11) is 0. The van der Waals surface area contributed by atoms with Gasteiger partial charge in [0.2, 0.25) is 5.91 Å². The molecule has 1 atom stereocenters. The maximum atomic E-state index is 11.8. The highest BCUT2D eigenvalue weighted by atomic mass is 32.2. The molecule has 2 aliphatic heterocycles. The first kappa shape index (κ1) is 10.3. The third-order valence-corrected chi connectivity index (χ3v) is 4.51. The lowest BCUT2D eigenvalue weighted by Crippen LogP contribution is -2.64. The maximum Gasteiger partial charge on any atom is 0.235 e. The van der Waals surface area contributed by atoms with Crippen LogP contribution in [0.5, 0.6) is 0 Å². The lowest BCUT2D eigenvalue weighted by molar-refractivity contribution is -0.155. The second kappa shape index (κ2) is 3.74. The fourth-order valence-electron chi connectivity index (χ4n) is 2.02. The summed E-state index contributed by atoms with van der Waals surface area (Å²) in [6.07, 6.45) is 2.92. The van der Waals surface area contributed by atoms with Crippen molar-refractivity contribution in [1.82, 2.24) is 4.90 Å². The molecular formula is C10H17NO2S. The Bertz CT molecular complexity index is 232. The van der Waals surface area contributed by atoms with E-state index in [1.165, 1.54) is 0 Å². The molecule has 1 amide bonds. The van der Waals surface area contributed by atoms with Gasteiger partial charge in [-0.25, -0.2) is 0 Å². The lowest BCUT2D eigenvalue weighted by Gasteiger charge is -2.46. The fourth-order valence-corrected chi connectivity index (χ4v) is 3.26. The molecule has 14 heavy (non-hydrogen) atoms. The Morgan fingerprint density at radius 3 is 2.86 bits per heavy atom. The van der Waals surface area contributed by atoms with E-state index in [9.17, 15) is 9.90 Å². The van der Waals surface area contributed by atoms with Crippen molar-refractivity contribution in [3.8, 4) is 0 Å². The molecule has 3 nitrogen and oxygen atoms in total. The molecule has 2 aliphatic rings. The van der Waals surface area contributed by atoms with Gasteiger partial charge in [-0.15, -0.1) is 11.8 Å².